The second kappa shape index (κ2) is 5.63. The van der Waals surface area contributed by atoms with Gasteiger partial charge in [0.2, 0.25) is 0 Å². The Hall–Kier alpha value is -0.620. The van der Waals surface area contributed by atoms with Gasteiger partial charge in [-0.15, -0.1) is 0 Å². The molecular formula is C10H10ClN3S2. The van der Waals surface area contributed by atoms with Gasteiger partial charge in [-0.25, -0.2) is 4.98 Å². The van der Waals surface area contributed by atoms with Crippen molar-refractivity contribution in [2.24, 2.45) is 5.73 Å². The minimum atomic E-state index is 0.630. The van der Waals surface area contributed by atoms with Crippen molar-refractivity contribution in [2.45, 2.75) is 15.7 Å². The van der Waals surface area contributed by atoms with Crippen molar-refractivity contribution in [2.75, 3.05) is 6.54 Å². The maximum Gasteiger partial charge on any atom is 0.174 e. The molecule has 1 heterocycles. The molecule has 2 rings (SSSR count). The Labute approximate surface area is 107 Å². The third kappa shape index (κ3) is 2.95. The van der Waals surface area contributed by atoms with Crippen LogP contribution in [0, 0.1) is 0 Å². The van der Waals surface area contributed by atoms with Crippen LogP contribution in [0.25, 0.3) is 0 Å². The smallest absolute Gasteiger partial charge is 0.174 e. The maximum atomic E-state index is 5.98. The van der Waals surface area contributed by atoms with E-state index >= 15 is 0 Å². The number of nitrogens with zero attached hydrogens (tertiary/aromatic N) is 2. The molecular weight excluding hydrogens is 262 g/mol. The zero-order valence-corrected chi connectivity index (χ0v) is 10.8. The number of rotatable bonds is 4. The number of halogens is 1. The van der Waals surface area contributed by atoms with E-state index in [0.717, 1.165) is 20.7 Å². The first kappa shape index (κ1) is 11.9. The monoisotopic (exact) mass is 271 g/mol. The van der Waals surface area contributed by atoms with Gasteiger partial charge in [0.05, 0.1) is 0 Å². The van der Waals surface area contributed by atoms with E-state index in [4.69, 9.17) is 17.3 Å². The number of nitrogens with two attached hydrogens (primary N) is 1. The summed E-state index contributed by atoms with van der Waals surface area (Å²) in [6, 6.07) is 5.84. The molecule has 0 saturated heterocycles. The van der Waals surface area contributed by atoms with Crippen LogP contribution in [0.4, 0.5) is 0 Å². The van der Waals surface area contributed by atoms with E-state index in [1.54, 1.807) is 18.1 Å². The predicted octanol–water partition coefficient (Wildman–Crippen LogP) is 2.84. The van der Waals surface area contributed by atoms with Crippen molar-refractivity contribution in [3.05, 3.63) is 35.1 Å². The third-order valence-electron chi connectivity index (χ3n) is 1.98. The van der Waals surface area contributed by atoms with Crippen LogP contribution in [0.3, 0.4) is 0 Å². The Bertz CT molecular complexity index is 459. The van der Waals surface area contributed by atoms with Gasteiger partial charge < -0.3 is 5.73 Å². The van der Waals surface area contributed by atoms with Gasteiger partial charge in [-0.1, -0.05) is 29.4 Å². The third-order valence-corrected chi connectivity index (χ3v) is 4.03. The molecule has 0 aliphatic heterocycles. The lowest BCUT2D eigenvalue weighted by Crippen LogP contribution is -2.03. The summed E-state index contributed by atoms with van der Waals surface area (Å²) in [6.45, 7) is 0.630. The van der Waals surface area contributed by atoms with E-state index in [-0.39, 0.29) is 0 Å². The molecule has 0 radical (unpaired) electrons. The second-order valence-corrected chi connectivity index (χ2v) is 5.61. The zero-order valence-electron chi connectivity index (χ0n) is 8.39. The Morgan fingerprint density at radius 2 is 2.31 bits per heavy atom. The minimum absolute atomic E-state index is 0.630. The Morgan fingerprint density at radius 3 is 3.00 bits per heavy atom. The summed E-state index contributed by atoms with van der Waals surface area (Å²) in [5.74, 6) is 0. The first-order valence-corrected chi connectivity index (χ1v) is 6.69. The fourth-order valence-corrected chi connectivity index (χ4v) is 3.13. The normalized spacial score (nSPS) is 10.6. The van der Waals surface area contributed by atoms with Crippen molar-refractivity contribution >= 4 is 34.9 Å². The first-order chi connectivity index (χ1) is 7.79. The number of aromatic nitrogens is 2. The van der Waals surface area contributed by atoms with Crippen molar-refractivity contribution < 1.29 is 0 Å². The van der Waals surface area contributed by atoms with Crippen LogP contribution in [0.15, 0.2) is 33.8 Å². The fraction of sp³-hybridized carbons (Fsp3) is 0.200. The second-order valence-electron chi connectivity index (χ2n) is 3.10. The first-order valence-electron chi connectivity index (χ1n) is 4.72. The van der Waals surface area contributed by atoms with Crippen LogP contribution in [-0.2, 0) is 6.42 Å². The maximum absolute atomic E-state index is 5.98. The van der Waals surface area contributed by atoms with Gasteiger partial charge in [-0.05, 0) is 42.2 Å². The topological polar surface area (TPSA) is 51.8 Å². The zero-order chi connectivity index (χ0) is 11.4. The summed E-state index contributed by atoms with van der Waals surface area (Å²) in [5, 5.41) is 0.729. The van der Waals surface area contributed by atoms with E-state index in [9.17, 15) is 0 Å². The van der Waals surface area contributed by atoms with Gasteiger partial charge in [-0.3, -0.25) is 0 Å². The molecule has 6 heteroatoms. The average Bonchev–Trinajstić information content (AvgIpc) is 2.75. The molecule has 2 aromatic rings. The fourth-order valence-electron chi connectivity index (χ4n) is 1.29. The Morgan fingerprint density at radius 1 is 1.44 bits per heavy atom. The van der Waals surface area contributed by atoms with Crippen molar-refractivity contribution in [3.63, 3.8) is 0 Å². The summed E-state index contributed by atoms with van der Waals surface area (Å²) in [4.78, 5) is 5.24. The molecule has 2 N–H and O–H groups in total. The molecule has 0 bridgehead atoms. The molecule has 0 fully saturated rings. The van der Waals surface area contributed by atoms with E-state index < -0.39 is 0 Å². The SMILES string of the molecule is NCCc1ccc(Cl)cc1Sc1ncns1. The van der Waals surface area contributed by atoms with Gasteiger partial charge >= 0.3 is 0 Å². The number of hydrogen-bond donors (Lipinski definition) is 1. The van der Waals surface area contributed by atoms with Gasteiger partial charge in [0.25, 0.3) is 0 Å². The lowest BCUT2D eigenvalue weighted by Gasteiger charge is -2.06. The largest absolute Gasteiger partial charge is 0.330 e. The molecule has 1 aromatic heterocycles. The molecule has 1 aromatic carbocycles. The highest BCUT2D eigenvalue weighted by atomic mass is 35.5. The molecule has 3 nitrogen and oxygen atoms in total. The van der Waals surface area contributed by atoms with E-state index in [1.165, 1.54) is 17.1 Å². The van der Waals surface area contributed by atoms with Gasteiger partial charge in [0.1, 0.15) is 6.33 Å². The molecule has 84 valence electrons. The molecule has 0 aliphatic rings. The molecule has 16 heavy (non-hydrogen) atoms. The van der Waals surface area contributed by atoms with Crippen molar-refractivity contribution in [3.8, 4) is 0 Å². The van der Waals surface area contributed by atoms with Crippen molar-refractivity contribution in [1.82, 2.24) is 9.36 Å². The highest BCUT2D eigenvalue weighted by Crippen LogP contribution is 2.32. The summed E-state index contributed by atoms with van der Waals surface area (Å²) in [6.07, 6.45) is 2.40. The standard InChI is InChI=1S/C10H10ClN3S2/c11-8-2-1-7(3-4-12)9(5-8)15-10-13-6-14-16-10/h1-2,5-6H,3-4,12H2. The molecule has 0 aliphatic carbocycles. The van der Waals surface area contributed by atoms with Gasteiger partial charge in [0.15, 0.2) is 4.34 Å². The molecule has 0 atom stereocenters. The molecule has 0 saturated carbocycles. The quantitative estimate of drug-likeness (QED) is 0.929. The summed E-state index contributed by atoms with van der Waals surface area (Å²) in [7, 11) is 0. The lowest BCUT2D eigenvalue weighted by atomic mass is 10.1. The van der Waals surface area contributed by atoms with Crippen LogP contribution in [0.2, 0.25) is 5.02 Å². The summed E-state index contributed by atoms with van der Waals surface area (Å²) < 4.78 is 4.89. The van der Waals surface area contributed by atoms with Crippen molar-refractivity contribution in [1.29, 1.82) is 0 Å². The molecule has 0 unspecified atom stereocenters. The summed E-state index contributed by atoms with van der Waals surface area (Å²) in [5.41, 5.74) is 6.77. The van der Waals surface area contributed by atoms with Crippen LogP contribution >= 0.6 is 34.9 Å². The molecule has 0 amide bonds. The Kier molecular flexibility index (Phi) is 4.17. The average molecular weight is 272 g/mol. The molecule has 0 spiro atoms. The van der Waals surface area contributed by atoms with E-state index in [2.05, 4.69) is 9.36 Å². The van der Waals surface area contributed by atoms with E-state index in [1.807, 2.05) is 18.2 Å². The Balaban J connectivity index is 2.26. The van der Waals surface area contributed by atoms with E-state index in [0.29, 0.717) is 6.54 Å². The van der Waals surface area contributed by atoms with Crippen LogP contribution < -0.4 is 5.73 Å². The van der Waals surface area contributed by atoms with Gasteiger partial charge in [-0.2, -0.15) is 4.37 Å². The van der Waals surface area contributed by atoms with Crippen LogP contribution in [-0.4, -0.2) is 15.9 Å². The number of benzene rings is 1. The van der Waals surface area contributed by atoms with Crippen LogP contribution in [0.5, 0.6) is 0 Å². The highest BCUT2D eigenvalue weighted by molar-refractivity contribution is 8.01. The lowest BCUT2D eigenvalue weighted by molar-refractivity contribution is 0.944. The highest BCUT2D eigenvalue weighted by Gasteiger charge is 2.07. The van der Waals surface area contributed by atoms with Gasteiger partial charge in [0, 0.05) is 9.92 Å². The predicted molar refractivity (Wildman–Crippen MR) is 68.2 cm³/mol. The number of hydrogen-bond acceptors (Lipinski definition) is 5. The van der Waals surface area contributed by atoms with Crippen LogP contribution in [0.1, 0.15) is 5.56 Å². The summed E-state index contributed by atoms with van der Waals surface area (Å²) >= 11 is 8.94. The minimum Gasteiger partial charge on any atom is -0.330 e.